The summed E-state index contributed by atoms with van der Waals surface area (Å²) in [5.41, 5.74) is 0.851. The molecule has 2 aromatic heterocycles. The second-order valence-corrected chi connectivity index (χ2v) is 9.67. The highest BCUT2D eigenvalue weighted by atomic mass is 32.1. The van der Waals surface area contributed by atoms with Crippen LogP contribution < -0.4 is 14.4 Å². The highest BCUT2D eigenvalue weighted by Gasteiger charge is 2.32. The van der Waals surface area contributed by atoms with Crippen molar-refractivity contribution in [1.29, 1.82) is 0 Å². The summed E-state index contributed by atoms with van der Waals surface area (Å²) in [5.74, 6) is 1.56. The van der Waals surface area contributed by atoms with Crippen molar-refractivity contribution >= 4 is 34.3 Å². The number of carbonyl (C=O) groups is 1. The van der Waals surface area contributed by atoms with Gasteiger partial charge in [-0.1, -0.05) is 12.1 Å². The van der Waals surface area contributed by atoms with E-state index in [4.69, 9.17) is 9.47 Å². The van der Waals surface area contributed by atoms with Crippen LogP contribution in [0.25, 0.3) is 0 Å². The predicted octanol–water partition coefficient (Wildman–Crippen LogP) is 4.78. The Balaban J connectivity index is 1.38. The molecule has 1 aliphatic heterocycles. The SMILES string of the molecule is O=C(CN(Cc1cccs1)C1CC1)N(Cc1cccs1)c1ccc2c(c1)OCCO2. The molecule has 3 aromatic rings. The highest BCUT2D eigenvalue weighted by molar-refractivity contribution is 7.10. The number of thiophene rings is 2. The summed E-state index contributed by atoms with van der Waals surface area (Å²) in [6, 6.07) is 14.6. The molecule has 1 saturated carbocycles. The van der Waals surface area contributed by atoms with Crippen molar-refractivity contribution in [2.45, 2.75) is 32.0 Å². The molecule has 1 fully saturated rings. The van der Waals surface area contributed by atoms with Crippen LogP contribution >= 0.6 is 22.7 Å². The fourth-order valence-electron chi connectivity index (χ4n) is 3.70. The Morgan fingerprint density at radius 1 is 0.933 bits per heavy atom. The third-order valence-electron chi connectivity index (χ3n) is 5.37. The van der Waals surface area contributed by atoms with Crippen molar-refractivity contribution in [2.24, 2.45) is 0 Å². The third kappa shape index (κ3) is 4.53. The smallest absolute Gasteiger partial charge is 0.241 e. The quantitative estimate of drug-likeness (QED) is 0.506. The van der Waals surface area contributed by atoms with E-state index in [1.54, 1.807) is 22.7 Å². The molecule has 1 aliphatic carbocycles. The van der Waals surface area contributed by atoms with Gasteiger partial charge >= 0.3 is 0 Å². The van der Waals surface area contributed by atoms with Gasteiger partial charge in [0, 0.05) is 34.1 Å². The van der Waals surface area contributed by atoms with Gasteiger partial charge in [-0.15, -0.1) is 22.7 Å². The summed E-state index contributed by atoms with van der Waals surface area (Å²) in [6.07, 6.45) is 2.35. The van der Waals surface area contributed by atoms with E-state index in [1.165, 1.54) is 17.7 Å². The van der Waals surface area contributed by atoms with Gasteiger partial charge in [-0.3, -0.25) is 9.69 Å². The maximum atomic E-state index is 13.5. The van der Waals surface area contributed by atoms with E-state index in [0.717, 1.165) is 22.9 Å². The fourth-order valence-corrected chi connectivity index (χ4v) is 5.12. The lowest BCUT2D eigenvalue weighted by Gasteiger charge is -2.28. The Morgan fingerprint density at radius 3 is 2.30 bits per heavy atom. The number of fused-ring (bicyclic) bond motifs is 1. The van der Waals surface area contributed by atoms with Crippen LogP contribution in [0, 0.1) is 0 Å². The second-order valence-electron chi connectivity index (χ2n) is 7.60. The maximum Gasteiger partial charge on any atom is 0.241 e. The first-order chi connectivity index (χ1) is 14.8. The minimum atomic E-state index is 0.114. The van der Waals surface area contributed by atoms with E-state index < -0.39 is 0 Å². The van der Waals surface area contributed by atoms with Crippen LogP contribution in [0.15, 0.2) is 53.2 Å². The molecule has 156 valence electrons. The van der Waals surface area contributed by atoms with Gasteiger partial charge in [0.25, 0.3) is 0 Å². The molecule has 1 aromatic carbocycles. The average molecular weight is 441 g/mol. The topological polar surface area (TPSA) is 42.0 Å². The van der Waals surface area contributed by atoms with Gasteiger partial charge in [-0.25, -0.2) is 0 Å². The van der Waals surface area contributed by atoms with Gasteiger partial charge in [0.15, 0.2) is 11.5 Å². The normalized spacial score (nSPS) is 15.4. The number of anilines is 1. The molecule has 0 N–H and O–H groups in total. The number of rotatable bonds is 8. The molecule has 0 spiro atoms. The molecular formula is C23H24N2O3S2. The number of hydrogen-bond donors (Lipinski definition) is 0. The van der Waals surface area contributed by atoms with Gasteiger partial charge in [0.1, 0.15) is 13.2 Å². The molecule has 5 nitrogen and oxygen atoms in total. The summed E-state index contributed by atoms with van der Waals surface area (Å²) in [7, 11) is 0. The first-order valence-corrected chi connectivity index (χ1v) is 12.0. The van der Waals surface area contributed by atoms with E-state index in [-0.39, 0.29) is 5.91 Å². The molecule has 0 atom stereocenters. The molecule has 0 radical (unpaired) electrons. The van der Waals surface area contributed by atoms with Crippen molar-refractivity contribution in [3.8, 4) is 11.5 Å². The van der Waals surface area contributed by atoms with Crippen molar-refractivity contribution < 1.29 is 14.3 Å². The van der Waals surface area contributed by atoms with Crippen LogP contribution in [0.1, 0.15) is 22.6 Å². The molecule has 0 bridgehead atoms. The molecule has 5 rings (SSSR count). The Labute approximate surface area is 184 Å². The lowest BCUT2D eigenvalue weighted by atomic mass is 10.2. The zero-order chi connectivity index (χ0) is 20.3. The van der Waals surface area contributed by atoms with E-state index in [0.29, 0.717) is 38.1 Å². The van der Waals surface area contributed by atoms with E-state index >= 15 is 0 Å². The average Bonchev–Trinajstić information content (AvgIpc) is 3.24. The van der Waals surface area contributed by atoms with Crippen LogP contribution in [0.4, 0.5) is 5.69 Å². The van der Waals surface area contributed by atoms with E-state index in [1.807, 2.05) is 29.2 Å². The van der Waals surface area contributed by atoms with Crippen molar-refractivity contribution in [3.63, 3.8) is 0 Å². The van der Waals surface area contributed by atoms with Gasteiger partial charge in [0.2, 0.25) is 5.91 Å². The summed E-state index contributed by atoms with van der Waals surface area (Å²) in [5, 5.41) is 4.15. The lowest BCUT2D eigenvalue weighted by Crippen LogP contribution is -2.40. The lowest BCUT2D eigenvalue weighted by molar-refractivity contribution is -0.120. The zero-order valence-corrected chi connectivity index (χ0v) is 18.3. The Bertz CT molecular complexity index is 984. The van der Waals surface area contributed by atoms with Gasteiger partial charge < -0.3 is 14.4 Å². The summed E-state index contributed by atoms with van der Waals surface area (Å²) in [6.45, 7) is 2.91. The van der Waals surface area contributed by atoms with Crippen molar-refractivity contribution in [3.05, 3.63) is 63.0 Å². The second kappa shape index (κ2) is 8.79. The molecule has 2 aliphatic rings. The summed E-state index contributed by atoms with van der Waals surface area (Å²) < 4.78 is 11.4. The number of hydrogen-bond acceptors (Lipinski definition) is 6. The largest absolute Gasteiger partial charge is 0.486 e. The Hall–Kier alpha value is -2.35. The van der Waals surface area contributed by atoms with Crippen LogP contribution in [0.3, 0.4) is 0 Å². The molecular weight excluding hydrogens is 416 g/mol. The van der Waals surface area contributed by atoms with Crippen molar-refractivity contribution in [1.82, 2.24) is 4.90 Å². The van der Waals surface area contributed by atoms with Gasteiger partial charge in [-0.05, 0) is 47.9 Å². The van der Waals surface area contributed by atoms with Crippen LogP contribution in [0.2, 0.25) is 0 Å². The van der Waals surface area contributed by atoms with Gasteiger partial charge in [0.05, 0.1) is 13.1 Å². The summed E-state index contributed by atoms with van der Waals surface area (Å²) >= 11 is 3.42. The number of nitrogens with zero attached hydrogens (tertiary/aromatic N) is 2. The Morgan fingerprint density at radius 2 is 1.63 bits per heavy atom. The monoisotopic (exact) mass is 440 g/mol. The third-order valence-corrected chi connectivity index (χ3v) is 7.10. The Kier molecular flexibility index (Phi) is 5.75. The zero-order valence-electron chi connectivity index (χ0n) is 16.7. The fraction of sp³-hybridized carbons (Fsp3) is 0.348. The molecule has 30 heavy (non-hydrogen) atoms. The standard InChI is InChI=1S/C23H24N2O3S2/c26-23(16-24(17-5-6-17)14-19-3-1-11-29-19)25(15-20-4-2-12-30-20)18-7-8-21-22(13-18)28-10-9-27-21/h1-4,7-8,11-13,17H,5-6,9-10,14-16H2. The molecule has 0 unspecified atom stereocenters. The predicted molar refractivity (Wildman–Crippen MR) is 121 cm³/mol. The molecule has 1 amide bonds. The van der Waals surface area contributed by atoms with E-state index in [9.17, 15) is 4.79 Å². The van der Waals surface area contributed by atoms with Crippen molar-refractivity contribution in [2.75, 3.05) is 24.7 Å². The molecule has 7 heteroatoms. The number of amides is 1. The van der Waals surface area contributed by atoms with Crippen LogP contribution in [0.5, 0.6) is 11.5 Å². The van der Waals surface area contributed by atoms with Gasteiger partial charge in [-0.2, -0.15) is 0 Å². The number of benzene rings is 1. The molecule has 3 heterocycles. The first-order valence-electron chi connectivity index (χ1n) is 10.2. The van der Waals surface area contributed by atoms with Crippen LogP contribution in [-0.2, 0) is 17.9 Å². The minimum absolute atomic E-state index is 0.114. The number of ether oxygens (including phenoxy) is 2. The van der Waals surface area contributed by atoms with E-state index in [2.05, 4.69) is 33.9 Å². The van der Waals surface area contributed by atoms with Crippen LogP contribution in [-0.4, -0.2) is 36.6 Å². The minimum Gasteiger partial charge on any atom is -0.486 e. The first kappa shape index (κ1) is 19.6. The maximum absolute atomic E-state index is 13.5. The number of carbonyl (C=O) groups excluding carboxylic acids is 1. The molecule has 0 saturated heterocycles. The summed E-state index contributed by atoms with van der Waals surface area (Å²) in [4.78, 5) is 20.2. The highest BCUT2D eigenvalue weighted by Crippen LogP contribution is 2.35.